The molecule has 0 spiro atoms. The average molecular weight is 374 g/mol. The van der Waals surface area contributed by atoms with Gasteiger partial charge in [-0.3, -0.25) is 20.4 Å². The first-order chi connectivity index (χ1) is 12.8. The largest absolute Gasteiger partial charge is 0.490 e. The van der Waals surface area contributed by atoms with Crippen LogP contribution in [0.4, 0.5) is 0 Å². The number of hydrogen-bond acceptors (Lipinski definition) is 5. The van der Waals surface area contributed by atoms with Gasteiger partial charge in [0.2, 0.25) is 0 Å². The molecule has 2 rings (SSSR count). The number of carbonyl (C=O) groups excluding carboxylic acids is 2. The summed E-state index contributed by atoms with van der Waals surface area (Å²) in [5, 5.41) is 0. The summed E-state index contributed by atoms with van der Waals surface area (Å²) in [4.78, 5) is 24.5. The maximum atomic E-state index is 12.4. The predicted octanol–water partition coefficient (Wildman–Crippen LogP) is 3.40. The molecule has 27 heavy (non-hydrogen) atoms. The lowest BCUT2D eigenvalue weighted by Crippen LogP contribution is -2.41. The van der Waals surface area contributed by atoms with Gasteiger partial charge in [-0.2, -0.15) is 0 Å². The molecule has 0 radical (unpaired) electrons. The summed E-state index contributed by atoms with van der Waals surface area (Å²) in [6.07, 6.45) is 0. The van der Waals surface area contributed by atoms with Gasteiger partial charge >= 0.3 is 0 Å². The van der Waals surface area contributed by atoms with E-state index in [1.165, 1.54) is 0 Å². The number of furan rings is 1. The van der Waals surface area contributed by atoms with Crippen molar-refractivity contribution in [1.82, 2.24) is 10.9 Å². The first-order valence-corrected chi connectivity index (χ1v) is 8.89. The Morgan fingerprint density at radius 3 is 2.33 bits per heavy atom. The molecule has 0 aliphatic carbocycles. The molecule has 1 heterocycles. The van der Waals surface area contributed by atoms with Gasteiger partial charge in [-0.05, 0) is 51.0 Å². The normalized spacial score (nSPS) is 10.6. The van der Waals surface area contributed by atoms with Crippen molar-refractivity contribution in [1.29, 1.82) is 0 Å². The Morgan fingerprint density at radius 2 is 1.74 bits per heavy atom. The van der Waals surface area contributed by atoms with E-state index >= 15 is 0 Å². The molecule has 2 N–H and O–H groups in total. The molecule has 1 aromatic carbocycles. The molecule has 2 aromatic rings. The van der Waals surface area contributed by atoms with Gasteiger partial charge in [0.25, 0.3) is 11.8 Å². The molecular weight excluding hydrogens is 348 g/mol. The zero-order valence-electron chi connectivity index (χ0n) is 16.3. The highest BCUT2D eigenvalue weighted by Crippen LogP contribution is 2.29. The number of rotatable bonds is 7. The number of nitrogens with one attached hydrogen (secondary N) is 2. The van der Waals surface area contributed by atoms with Gasteiger partial charge in [0.15, 0.2) is 11.5 Å². The fraction of sp³-hybridized carbons (Fsp3) is 0.400. The van der Waals surface area contributed by atoms with Crippen LogP contribution in [0.1, 0.15) is 53.0 Å². The van der Waals surface area contributed by atoms with E-state index in [0.29, 0.717) is 53.3 Å². The Hall–Kier alpha value is -2.96. The third kappa shape index (κ3) is 5.51. The van der Waals surface area contributed by atoms with E-state index in [0.717, 1.165) is 0 Å². The molecule has 0 saturated heterocycles. The number of benzene rings is 1. The topological polar surface area (TPSA) is 89.8 Å². The monoisotopic (exact) mass is 374 g/mol. The van der Waals surface area contributed by atoms with Crippen molar-refractivity contribution in [2.24, 2.45) is 5.92 Å². The maximum absolute atomic E-state index is 12.4. The molecule has 146 valence electrons. The van der Waals surface area contributed by atoms with Crippen molar-refractivity contribution in [2.75, 3.05) is 13.2 Å². The lowest BCUT2D eigenvalue weighted by Gasteiger charge is -2.14. The number of ether oxygens (including phenoxy) is 2. The van der Waals surface area contributed by atoms with Gasteiger partial charge in [-0.1, -0.05) is 13.8 Å². The summed E-state index contributed by atoms with van der Waals surface area (Å²) >= 11 is 0. The van der Waals surface area contributed by atoms with E-state index in [1.807, 2.05) is 20.8 Å². The summed E-state index contributed by atoms with van der Waals surface area (Å²) in [6, 6.07) is 6.51. The second kappa shape index (κ2) is 9.12. The second-order valence-corrected chi connectivity index (χ2v) is 6.53. The second-order valence-electron chi connectivity index (χ2n) is 6.53. The van der Waals surface area contributed by atoms with Crippen molar-refractivity contribution in [3.8, 4) is 11.5 Å². The van der Waals surface area contributed by atoms with E-state index in [9.17, 15) is 9.59 Å². The lowest BCUT2D eigenvalue weighted by atomic mass is 10.2. The highest BCUT2D eigenvalue weighted by molar-refractivity contribution is 5.99. The third-order valence-corrected chi connectivity index (χ3v) is 3.65. The zero-order valence-corrected chi connectivity index (χ0v) is 16.3. The molecule has 0 aliphatic rings. The van der Waals surface area contributed by atoms with Gasteiger partial charge in [-0.15, -0.1) is 0 Å². The molecule has 0 atom stereocenters. The van der Waals surface area contributed by atoms with Crippen LogP contribution in [0.15, 0.2) is 28.7 Å². The molecule has 2 amide bonds. The van der Waals surface area contributed by atoms with Crippen molar-refractivity contribution in [2.45, 2.75) is 34.6 Å². The van der Waals surface area contributed by atoms with Gasteiger partial charge < -0.3 is 13.9 Å². The number of carbonyl (C=O) groups is 2. The van der Waals surface area contributed by atoms with Gasteiger partial charge in [-0.25, -0.2) is 0 Å². The Morgan fingerprint density at radius 1 is 1.04 bits per heavy atom. The fourth-order valence-electron chi connectivity index (χ4n) is 2.40. The summed E-state index contributed by atoms with van der Waals surface area (Å²) in [5.74, 6) is 1.64. The zero-order chi connectivity index (χ0) is 20.0. The lowest BCUT2D eigenvalue weighted by molar-refractivity contribution is 0.0845. The number of hydrogen-bond donors (Lipinski definition) is 2. The van der Waals surface area contributed by atoms with Gasteiger partial charge in [0.05, 0.1) is 18.8 Å². The minimum Gasteiger partial charge on any atom is -0.490 e. The van der Waals surface area contributed by atoms with Crippen molar-refractivity contribution in [3.63, 3.8) is 0 Å². The van der Waals surface area contributed by atoms with Crippen LogP contribution in [0.5, 0.6) is 11.5 Å². The molecule has 1 aromatic heterocycles. The Kier molecular flexibility index (Phi) is 6.87. The van der Waals surface area contributed by atoms with Gasteiger partial charge in [0.1, 0.15) is 11.5 Å². The highest BCUT2D eigenvalue weighted by Gasteiger charge is 2.16. The van der Waals surface area contributed by atoms with Crippen LogP contribution < -0.4 is 20.3 Å². The van der Waals surface area contributed by atoms with E-state index < -0.39 is 11.8 Å². The smallest absolute Gasteiger partial charge is 0.273 e. The Balaban J connectivity index is 2.05. The molecule has 0 bridgehead atoms. The summed E-state index contributed by atoms with van der Waals surface area (Å²) in [7, 11) is 0. The standard InChI is InChI=1S/C20H26N2O5/c1-6-25-18-10-15(7-8-17(18)26-11-12(2)3)19(23)21-22-20(24)16-9-13(4)27-14(16)5/h7-10,12H,6,11H2,1-5H3,(H,21,23)(H,22,24). The van der Waals surface area contributed by atoms with Gasteiger partial charge in [0, 0.05) is 5.56 Å². The van der Waals surface area contributed by atoms with E-state index in [2.05, 4.69) is 10.9 Å². The van der Waals surface area contributed by atoms with Crippen molar-refractivity contribution in [3.05, 3.63) is 46.9 Å². The van der Waals surface area contributed by atoms with E-state index in [1.54, 1.807) is 38.1 Å². The van der Waals surface area contributed by atoms with Crippen LogP contribution >= 0.6 is 0 Å². The Labute approximate surface area is 159 Å². The van der Waals surface area contributed by atoms with E-state index in [-0.39, 0.29) is 0 Å². The minimum absolute atomic E-state index is 0.343. The first-order valence-electron chi connectivity index (χ1n) is 8.89. The molecule has 0 saturated carbocycles. The molecule has 0 fully saturated rings. The minimum atomic E-state index is -0.461. The number of amides is 2. The van der Waals surface area contributed by atoms with Crippen LogP contribution in [0.3, 0.4) is 0 Å². The number of hydrazine groups is 1. The van der Waals surface area contributed by atoms with Crippen molar-refractivity contribution >= 4 is 11.8 Å². The predicted molar refractivity (Wildman–Crippen MR) is 101 cm³/mol. The Bertz CT molecular complexity index is 811. The molecule has 7 heteroatoms. The molecule has 0 unspecified atom stereocenters. The average Bonchev–Trinajstić information content (AvgIpc) is 2.96. The number of aryl methyl sites for hydroxylation is 2. The quantitative estimate of drug-likeness (QED) is 0.725. The fourth-order valence-corrected chi connectivity index (χ4v) is 2.40. The summed E-state index contributed by atoms with van der Waals surface area (Å²) in [6.45, 7) is 10.4. The van der Waals surface area contributed by atoms with Crippen LogP contribution in [0.25, 0.3) is 0 Å². The first kappa shape index (κ1) is 20.4. The highest BCUT2D eigenvalue weighted by atomic mass is 16.5. The van der Waals surface area contributed by atoms with Crippen molar-refractivity contribution < 1.29 is 23.5 Å². The van der Waals surface area contributed by atoms with Crippen LogP contribution in [-0.4, -0.2) is 25.0 Å². The van der Waals surface area contributed by atoms with Crippen LogP contribution in [-0.2, 0) is 0 Å². The van der Waals surface area contributed by atoms with Crippen LogP contribution in [0.2, 0.25) is 0 Å². The SMILES string of the molecule is CCOc1cc(C(=O)NNC(=O)c2cc(C)oc2C)ccc1OCC(C)C. The third-order valence-electron chi connectivity index (χ3n) is 3.65. The van der Waals surface area contributed by atoms with Crippen LogP contribution in [0, 0.1) is 19.8 Å². The summed E-state index contributed by atoms with van der Waals surface area (Å²) in [5.41, 5.74) is 5.50. The molecular formula is C20H26N2O5. The summed E-state index contributed by atoms with van der Waals surface area (Å²) < 4.78 is 16.6. The molecule has 0 aliphatic heterocycles. The molecule has 7 nitrogen and oxygen atoms in total. The maximum Gasteiger partial charge on any atom is 0.273 e. The van der Waals surface area contributed by atoms with E-state index in [4.69, 9.17) is 13.9 Å².